The van der Waals surface area contributed by atoms with Crippen molar-refractivity contribution < 1.29 is 4.79 Å². The van der Waals surface area contributed by atoms with Gasteiger partial charge in [-0.05, 0) is 42.3 Å². The molecule has 0 bridgehead atoms. The van der Waals surface area contributed by atoms with Crippen LogP contribution < -0.4 is 5.56 Å². The number of amides is 1. The second-order valence-corrected chi connectivity index (χ2v) is 7.91. The smallest absolute Gasteiger partial charge is 0.255 e. The van der Waals surface area contributed by atoms with Crippen molar-refractivity contribution in [3.63, 3.8) is 0 Å². The Kier molecular flexibility index (Phi) is 6.18. The summed E-state index contributed by atoms with van der Waals surface area (Å²) in [7, 11) is 1.75. The van der Waals surface area contributed by atoms with E-state index in [0.29, 0.717) is 17.1 Å². The molecule has 0 radical (unpaired) electrons. The van der Waals surface area contributed by atoms with Gasteiger partial charge in [0, 0.05) is 24.3 Å². The molecule has 0 saturated heterocycles. The van der Waals surface area contributed by atoms with E-state index in [0.717, 1.165) is 16.8 Å². The number of hydrogen-bond donors (Lipinski definition) is 0. The lowest BCUT2D eigenvalue weighted by molar-refractivity contribution is 0.0741. The summed E-state index contributed by atoms with van der Waals surface area (Å²) in [5, 5.41) is 4.70. The Balaban J connectivity index is 1.53. The highest BCUT2D eigenvalue weighted by Crippen LogP contribution is 2.22. The summed E-state index contributed by atoms with van der Waals surface area (Å²) in [5.41, 5.74) is 2.93. The summed E-state index contributed by atoms with van der Waals surface area (Å²) in [6.07, 6.45) is 4.70. The normalized spacial score (nSPS) is 11.8. The molecule has 8 heteroatoms. The number of carbonyl (C=O) groups excluding carboxylic acids is 1. The molecule has 1 atom stereocenters. The number of rotatable bonds is 6. The standard InChI is InChI=1S/C24H22ClN5O2/c1-17(18-7-10-21(11-8-18)30-16-26-15-27-30)28(2)24(32)20-9-12-23(31)29(14-20)13-19-5-3-4-6-22(19)25/h3-12,14-17H,13H2,1-2H3. The van der Waals surface area contributed by atoms with Crippen molar-refractivity contribution in [2.24, 2.45) is 0 Å². The molecule has 0 aliphatic heterocycles. The Morgan fingerprint density at radius 1 is 1.09 bits per heavy atom. The number of aromatic nitrogens is 4. The van der Waals surface area contributed by atoms with Crippen molar-refractivity contribution in [2.45, 2.75) is 19.5 Å². The van der Waals surface area contributed by atoms with Crippen LogP contribution in [-0.2, 0) is 6.54 Å². The highest BCUT2D eigenvalue weighted by atomic mass is 35.5. The van der Waals surface area contributed by atoms with Crippen molar-refractivity contribution in [1.29, 1.82) is 0 Å². The van der Waals surface area contributed by atoms with Crippen LogP contribution in [0.25, 0.3) is 5.69 Å². The fourth-order valence-electron chi connectivity index (χ4n) is 3.44. The molecule has 2 aromatic carbocycles. The van der Waals surface area contributed by atoms with Gasteiger partial charge in [0.05, 0.1) is 23.8 Å². The molecule has 4 rings (SSSR count). The molecule has 0 saturated carbocycles. The van der Waals surface area contributed by atoms with E-state index in [1.54, 1.807) is 41.3 Å². The van der Waals surface area contributed by atoms with Crippen LogP contribution in [0, 0.1) is 0 Å². The highest BCUT2D eigenvalue weighted by Gasteiger charge is 2.20. The zero-order valence-electron chi connectivity index (χ0n) is 17.7. The van der Waals surface area contributed by atoms with Gasteiger partial charge in [0.2, 0.25) is 0 Å². The van der Waals surface area contributed by atoms with Gasteiger partial charge in [0.1, 0.15) is 12.7 Å². The lowest BCUT2D eigenvalue weighted by Crippen LogP contribution is -2.31. The molecule has 7 nitrogen and oxygen atoms in total. The van der Waals surface area contributed by atoms with Crippen molar-refractivity contribution in [3.8, 4) is 5.69 Å². The fourth-order valence-corrected chi connectivity index (χ4v) is 3.64. The van der Waals surface area contributed by atoms with Gasteiger partial charge in [-0.1, -0.05) is 41.9 Å². The van der Waals surface area contributed by atoms with Crippen molar-refractivity contribution >= 4 is 17.5 Å². The maximum atomic E-state index is 13.2. The predicted octanol–water partition coefficient (Wildman–Crippen LogP) is 3.96. The first kappa shape index (κ1) is 21.5. The second-order valence-electron chi connectivity index (χ2n) is 7.50. The minimum atomic E-state index is -0.194. The SMILES string of the molecule is CC(c1ccc(-n2cncn2)cc1)N(C)C(=O)c1ccc(=O)n(Cc2ccccc2Cl)c1. The van der Waals surface area contributed by atoms with Gasteiger partial charge in [-0.15, -0.1) is 0 Å². The van der Waals surface area contributed by atoms with E-state index in [9.17, 15) is 9.59 Å². The molecule has 0 aliphatic carbocycles. The van der Waals surface area contributed by atoms with Crippen LogP contribution in [0.4, 0.5) is 0 Å². The zero-order valence-corrected chi connectivity index (χ0v) is 18.5. The monoisotopic (exact) mass is 447 g/mol. The molecule has 0 N–H and O–H groups in total. The first-order chi connectivity index (χ1) is 15.4. The van der Waals surface area contributed by atoms with E-state index in [1.807, 2.05) is 49.4 Å². The van der Waals surface area contributed by atoms with Crippen molar-refractivity contribution in [3.05, 3.63) is 112 Å². The number of carbonyl (C=O) groups is 1. The fraction of sp³-hybridized carbons (Fsp3) is 0.167. The van der Waals surface area contributed by atoms with Gasteiger partial charge in [0.25, 0.3) is 11.5 Å². The molecule has 4 aromatic rings. The average Bonchev–Trinajstić information content (AvgIpc) is 3.35. The summed E-state index contributed by atoms with van der Waals surface area (Å²) in [6.45, 7) is 2.25. The molecule has 2 aromatic heterocycles. The van der Waals surface area contributed by atoms with Gasteiger partial charge in [0.15, 0.2) is 0 Å². The van der Waals surface area contributed by atoms with Gasteiger partial charge >= 0.3 is 0 Å². The van der Waals surface area contributed by atoms with Crippen LogP contribution in [0.3, 0.4) is 0 Å². The molecule has 0 aliphatic rings. The summed E-state index contributed by atoms with van der Waals surface area (Å²) in [5.74, 6) is -0.175. The molecule has 1 amide bonds. The predicted molar refractivity (Wildman–Crippen MR) is 123 cm³/mol. The minimum absolute atomic E-state index is 0.170. The van der Waals surface area contributed by atoms with Crippen LogP contribution >= 0.6 is 11.6 Å². The van der Waals surface area contributed by atoms with Crippen molar-refractivity contribution in [1.82, 2.24) is 24.2 Å². The first-order valence-electron chi connectivity index (χ1n) is 10.1. The number of pyridine rings is 1. The quantitative estimate of drug-likeness (QED) is 0.448. The summed E-state index contributed by atoms with van der Waals surface area (Å²) >= 11 is 6.23. The minimum Gasteiger partial charge on any atom is -0.335 e. The number of hydrogen-bond acceptors (Lipinski definition) is 4. The number of benzene rings is 2. The Morgan fingerprint density at radius 3 is 2.53 bits per heavy atom. The Bertz CT molecular complexity index is 1280. The average molecular weight is 448 g/mol. The lowest BCUT2D eigenvalue weighted by atomic mass is 10.1. The maximum absolute atomic E-state index is 13.2. The molecule has 1 unspecified atom stereocenters. The Hall–Kier alpha value is -3.71. The van der Waals surface area contributed by atoms with Crippen LogP contribution in [0.2, 0.25) is 5.02 Å². The van der Waals surface area contributed by atoms with Crippen LogP contribution in [-0.4, -0.2) is 37.2 Å². The van der Waals surface area contributed by atoms with E-state index < -0.39 is 0 Å². The van der Waals surface area contributed by atoms with Gasteiger partial charge < -0.3 is 9.47 Å². The molecule has 2 heterocycles. The van der Waals surface area contributed by atoms with E-state index >= 15 is 0 Å². The van der Waals surface area contributed by atoms with Gasteiger partial charge in [-0.2, -0.15) is 5.10 Å². The Morgan fingerprint density at radius 2 is 1.84 bits per heavy atom. The molecule has 32 heavy (non-hydrogen) atoms. The Labute approximate surface area is 190 Å². The number of nitrogens with zero attached hydrogens (tertiary/aromatic N) is 5. The van der Waals surface area contributed by atoms with Crippen LogP contribution in [0.1, 0.15) is 34.5 Å². The molecule has 0 fully saturated rings. The van der Waals surface area contributed by atoms with Gasteiger partial charge in [-0.25, -0.2) is 9.67 Å². The molecular weight excluding hydrogens is 426 g/mol. The zero-order chi connectivity index (χ0) is 22.7. The van der Waals surface area contributed by atoms with Crippen molar-refractivity contribution in [2.75, 3.05) is 7.05 Å². The van der Waals surface area contributed by atoms with Gasteiger partial charge in [-0.3, -0.25) is 9.59 Å². The summed E-state index contributed by atoms with van der Waals surface area (Å²) < 4.78 is 3.17. The van der Waals surface area contributed by atoms with Crippen LogP contribution in [0.15, 0.2) is 84.3 Å². The summed E-state index contributed by atoms with van der Waals surface area (Å²) in [4.78, 5) is 31.1. The highest BCUT2D eigenvalue weighted by molar-refractivity contribution is 6.31. The molecule has 0 spiro atoms. The summed E-state index contributed by atoms with van der Waals surface area (Å²) in [6, 6.07) is 17.9. The largest absolute Gasteiger partial charge is 0.335 e. The third-order valence-electron chi connectivity index (χ3n) is 5.49. The molecular formula is C24H22ClN5O2. The third kappa shape index (κ3) is 4.48. The van der Waals surface area contributed by atoms with E-state index in [4.69, 9.17) is 11.6 Å². The molecule has 162 valence electrons. The first-order valence-corrected chi connectivity index (χ1v) is 10.5. The lowest BCUT2D eigenvalue weighted by Gasteiger charge is -2.26. The second kappa shape index (κ2) is 9.20. The van der Waals surface area contributed by atoms with E-state index in [-0.39, 0.29) is 17.5 Å². The van der Waals surface area contributed by atoms with E-state index in [1.165, 1.54) is 17.0 Å². The topological polar surface area (TPSA) is 73.0 Å². The van der Waals surface area contributed by atoms with Crippen LogP contribution in [0.5, 0.6) is 0 Å². The maximum Gasteiger partial charge on any atom is 0.255 e. The number of halogens is 1. The third-order valence-corrected chi connectivity index (χ3v) is 5.86. The van der Waals surface area contributed by atoms with E-state index in [2.05, 4.69) is 10.1 Å².